The van der Waals surface area contributed by atoms with Crippen LogP contribution in [0.3, 0.4) is 0 Å². The topological polar surface area (TPSA) is 101 Å². The van der Waals surface area contributed by atoms with Crippen molar-refractivity contribution in [2.75, 3.05) is 58.9 Å². The van der Waals surface area contributed by atoms with Crippen molar-refractivity contribution in [2.45, 2.75) is 32.1 Å². The molecule has 1 saturated carbocycles. The third-order valence-electron chi connectivity index (χ3n) is 4.84. The van der Waals surface area contributed by atoms with E-state index in [0.29, 0.717) is 37.5 Å². The Balaban J connectivity index is 0.00000364. The molecule has 1 unspecified atom stereocenters. The number of nitrogens with one attached hydrogen (secondary N) is 3. The molecule has 1 aliphatic carbocycles. The van der Waals surface area contributed by atoms with Gasteiger partial charge in [-0.3, -0.25) is 4.99 Å². The van der Waals surface area contributed by atoms with E-state index in [2.05, 4.69) is 20.3 Å². The van der Waals surface area contributed by atoms with Gasteiger partial charge in [0.2, 0.25) is 10.0 Å². The first-order valence-corrected chi connectivity index (χ1v) is 11.3. The molecule has 0 aromatic heterocycles. The Kier molecular flexibility index (Phi) is 12.8. The first-order valence-electron chi connectivity index (χ1n) is 9.66. The van der Waals surface area contributed by atoms with Crippen molar-refractivity contribution in [3.8, 4) is 0 Å². The van der Waals surface area contributed by atoms with Crippen LogP contribution in [0.5, 0.6) is 0 Å². The Morgan fingerprint density at radius 2 is 1.96 bits per heavy atom. The third-order valence-corrected chi connectivity index (χ3v) is 6.19. The van der Waals surface area contributed by atoms with Gasteiger partial charge in [0.05, 0.1) is 19.0 Å². The molecule has 2 fully saturated rings. The summed E-state index contributed by atoms with van der Waals surface area (Å²) in [5.74, 6) is 1.73. The first kappa shape index (κ1) is 24.9. The maximum absolute atomic E-state index is 11.9. The van der Waals surface area contributed by atoms with E-state index in [1.165, 1.54) is 6.42 Å². The molecule has 0 amide bonds. The molecule has 0 spiro atoms. The molecule has 10 heteroatoms. The zero-order valence-electron chi connectivity index (χ0n) is 16.2. The summed E-state index contributed by atoms with van der Waals surface area (Å²) < 4.78 is 37.6. The average molecular weight is 518 g/mol. The number of sulfonamides is 1. The molecule has 2 aliphatic rings. The Morgan fingerprint density at radius 1 is 1.19 bits per heavy atom. The van der Waals surface area contributed by atoms with Crippen LogP contribution >= 0.6 is 24.0 Å². The molecule has 27 heavy (non-hydrogen) atoms. The number of ether oxygens (including phenoxy) is 2. The second-order valence-electron chi connectivity index (χ2n) is 7.05. The predicted octanol–water partition coefficient (Wildman–Crippen LogP) is 0.932. The van der Waals surface area contributed by atoms with Gasteiger partial charge in [0.25, 0.3) is 0 Å². The fraction of sp³-hybridized carbons (Fsp3) is 0.941. The average Bonchev–Trinajstić information content (AvgIpc) is 3.08. The van der Waals surface area contributed by atoms with Crippen molar-refractivity contribution in [3.63, 3.8) is 0 Å². The molecule has 0 bridgehead atoms. The molecular weight excluding hydrogens is 483 g/mol. The van der Waals surface area contributed by atoms with Crippen molar-refractivity contribution in [3.05, 3.63) is 0 Å². The fourth-order valence-electron chi connectivity index (χ4n) is 2.88. The second-order valence-corrected chi connectivity index (χ2v) is 8.97. The molecule has 3 N–H and O–H groups in total. The van der Waals surface area contributed by atoms with Gasteiger partial charge in [-0.1, -0.05) is 6.42 Å². The lowest BCUT2D eigenvalue weighted by molar-refractivity contribution is 0.0888. The number of halogens is 1. The Bertz CT molecular complexity index is 523. The lowest BCUT2D eigenvalue weighted by atomic mass is 9.86. The Morgan fingerprint density at radius 3 is 2.59 bits per heavy atom. The minimum absolute atomic E-state index is 0. The highest BCUT2D eigenvalue weighted by atomic mass is 127. The summed E-state index contributed by atoms with van der Waals surface area (Å²) in [5, 5.41) is 6.21. The summed E-state index contributed by atoms with van der Waals surface area (Å²) in [6.07, 6.45) is 5.45. The summed E-state index contributed by atoms with van der Waals surface area (Å²) in [5.41, 5.74) is 0. The van der Waals surface area contributed by atoms with E-state index >= 15 is 0 Å². The van der Waals surface area contributed by atoms with Crippen molar-refractivity contribution < 1.29 is 17.9 Å². The normalized spacial score (nSPS) is 20.8. The number of guanidine groups is 1. The van der Waals surface area contributed by atoms with E-state index < -0.39 is 10.0 Å². The molecule has 0 aromatic carbocycles. The SMILES string of the molecule is CN=C(NCCCOCC1CCOC1)NCCS(=O)(=O)NCC1CCC1.I. The minimum Gasteiger partial charge on any atom is -0.381 e. The second kappa shape index (κ2) is 13.9. The molecule has 1 heterocycles. The molecule has 2 rings (SSSR count). The monoisotopic (exact) mass is 518 g/mol. The summed E-state index contributed by atoms with van der Waals surface area (Å²) in [6.45, 7) is 4.75. The molecule has 0 radical (unpaired) electrons. The van der Waals surface area contributed by atoms with E-state index in [-0.39, 0.29) is 29.7 Å². The molecule has 160 valence electrons. The largest absolute Gasteiger partial charge is 0.381 e. The van der Waals surface area contributed by atoms with Crippen LogP contribution in [-0.2, 0) is 19.5 Å². The molecule has 8 nitrogen and oxygen atoms in total. The maximum Gasteiger partial charge on any atom is 0.213 e. The predicted molar refractivity (Wildman–Crippen MR) is 118 cm³/mol. The van der Waals surface area contributed by atoms with Crippen LogP contribution in [0.2, 0.25) is 0 Å². The fourth-order valence-corrected chi connectivity index (χ4v) is 3.89. The van der Waals surface area contributed by atoms with Crippen LogP contribution in [-0.4, -0.2) is 73.2 Å². The van der Waals surface area contributed by atoms with Gasteiger partial charge in [-0.25, -0.2) is 13.1 Å². The van der Waals surface area contributed by atoms with Gasteiger partial charge < -0.3 is 20.1 Å². The van der Waals surface area contributed by atoms with Crippen LogP contribution in [0.1, 0.15) is 32.1 Å². The van der Waals surface area contributed by atoms with E-state index in [0.717, 1.165) is 52.0 Å². The van der Waals surface area contributed by atoms with Crippen molar-refractivity contribution in [1.82, 2.24) is 15.4 Å². The lowest BCUT2D eigenvalue weighted by Crippen LogP contribution is -2.42. The van der Waals surface area contributed by atoms with Crippen molar-refractivity contribution in [2.24, 2.45) is 16.8 Å². The summed E-state index contributed by atoms with van der Waals surface area (Å²) in [7, 11) is -1.55. The van der Waals surface area contributed by atoms with E-state index in [9.17, 15) is 8.42 Å². The Hall–Kier alpha value is -0.170. The Labute approximate surface area is 180 Å². The van der Waals surface area contributed by atoms with Crippen LogP contribution in [0.4, 0.5) is 0 Å². The highest BCUT2D eigenvalue weighted by molar-refractivity contribution is 14.0. The number of nitrogens with zero attached hydrogens (tertiary/aromatic N) is 1. The van der Waals surface area contributed by atoms with Gasteiger partial charge in [0.1, 0.15) is 0 Å². The highest BCUT2D eigenvalue weighted by Gasteiger charge is 2.20. The first-order chi connectivity index (χ1) is 12.6. The smallest absolute Gasteiger partial charge is 0.213 e. The van der Waals surface area contributed by atoms with Crippen LogP contribution in [0, 0.1) is 11.8 Å². The van der Waals surface area contributed by atoms with E-state index in [4.69, 9.17) is 9.47 Å². The zero-order valence-corrected chi connectivity index (χ0v) is 19.4. The lowest BCUT2D eigenvalue weighted by Gasteiger charge is -2.25. The molecule has 1 atom stereocenters. The van der Waals surface area contributed by atoms with Crippen molar-refractivity contribution in [1.29, 1.82) is 0 Å². The number of rotatable bonds is 12. The molecular formula is C17H35IN4O4S. The standard InChI is InChI=1S/C17H34N4O4S.HI/c1-18-17(19-7-3-9-24-13-16-6-10-25-14-16)20-8-11-26(22,23)21-12-15-4-2-5-15;/h15-16,21H,2-14H2,1H3,(H2,18,19,20);1H. The van der Waals surface area contributed by atoms with Crippen LogP contribution < -0.4 is 15.4 Å². The summed E-state index contributed by atoms with van der Waals surface area (Å²) in [6, 6.07) is 0. The van der Waals surface area contributed by atoms with Crippen LogP contribution in [0.25, 0.3) is 0 Å². The summed E-state index contributed by atoms with van der Waals surface area (Å²) in [4.78, 5) is 4.11. The number of aliphatic imine (C=N–C) groups is 1. The third kappa shape index (κ3) is 10.8. The minimum atomic E-state index is -3.22. The van der Waals surface area contributed by atoms with E-state index in [1.54, 1.807) is 7.05 Å². The van der Waals surface area contributed by atoms with Gasteiger partial charge in [0.15, 0.2) is 5.96 Å². The van der Waals surface area contributed by atoms with Gasteiger partial charge in [0, 0.05) is 45.8 Å². The summed E-state index contributed by atoms with van der Waals surface area (Å²) >= 11 is 0. The molecule has 1 saturated heterocycles. The highest BCUT2D eigenvalue weighted by Crippen LogP contribution is 2.25. The van der Waals surface area contributed by atoms with Gasteiger partial charge >= 0.3 is 0 Å². The quantitative estimate of drug-likeness (QED) is 0.154. The number of hydrogen-bond donors (Lipinski definition) is 3. The van der Waals surface area contributed by atoms with Gasteiger partial charge in [-0.05, 0) is 31.6 Å². The van der Waals surface area contributed by atoms with E-state index in [1.807, 2.05) is 0 Å². The van der Waals surface area contributed by atoms with Crippen molar-refractivity contribution >= 4 is 40.0 Å². The zero-order chi connectivity index (χ0) is 18.7. The molecule has 1 aliphatic heterocycles. The maximum atomic E-state index is 11.9. The van der Waals surface area contributed by atoms with Gasteiger partial charge in [-0.2, -0.15) is 0 Å². The number of hydrogen-bond acceptors (Lipinski definition) is 5. The molecule has 0 aromatic rings. The van der Waals surface area contributed by atoms with Gasteiger partial charge in [-0.15, -0.1) is 24.0 Å². The van der Waals surface area contributed by atoms with Crippen LogP contribution in [0.15, 0.2) is 4.99 Å².